The zero-order chi connectivity index (χ0) is 12.4. The van der Waals surface area contributed by atoms with Gasteiger partial charge in [0.05, 0.1) is 0 Å². The Balaban J connectivity index is 1.98. The summed E-state index contributed by atoms with van der Waals surface area (Å²) in [6.45, 7) is 5.35. The Labute approximate surface area is 105 Å². The van der Waals surface area contributed by atoms with Gasteiger partial charge in [0.1, 0.15) is 0 Å². The van der Waals surface area contributed by atoms with E-state index in [-0.39, 0.29) is 5.92 Å². The van der Waals surface area contributed by atoms with Crippen LogP contribution in [0.1, 0.15) is 52.4 Å². The molecule has 0 bridgehead atoms. The predicted octanol–water partition coefficient (Wildman–Crippen LogP) is 2.15. The molecular weight excluding hydrogens is 212 g/mol. The third-order valence-corrected chi connectivity index (χ3v) is 4.61. The van der Waals surface area contributed by atoms with Crippen molar-refractivity contribution in [3.05, 3.63) is 0 Å². The zero-order valence-corrected chi connectivity index (χ0v) is 11.2. The first kappa shape index (κ1) is 12.9. The van der Waals surface area contributed by atoms with Crippen LogP contribution < -0.4 is 5.73 Å². The number of carbonyl (C=O) groups is 1. The topological polar surface area (TPSA) is 46.3 Å². The van der Waals surface area contributed by atoms with Gasteiger partial charge in [0.2, 0.25) is 5.91 Å². The van der Waals surface area contributed by atoms with E-state index in [1.54, 1.807) is 0 Å². The third-order valence-electron chi connectivity index (χ3n) is 4.61. The van der Waals surface area contributed by atoms with Gasteiger partial charge in [-0.25, -0.2) is 0 Å². The van der Waals surface area contributed by atoms with E-state index in [0.29, 0.717) is 23.9 Å². The largest absolute Gasteiger partial charge is 0.340 e. The summed E-state index contributed by atoms with van der Waals surface area (Å²) >= 11 is 0. The first-order valence-electron chi connectivity index (χ1n) is 7.15. The van der Waals surface area contributed by atoms with Crippen LogP contribution >= 0.6 is 0 Å². The van der Waals surface area contributed by atoms with Gasteiger partial charge in [-0.3, -0.25) is 4.79 Å². The van der Waals surface area contributed by atoms with Crippen LogP contribution in [0.25, 0.3) is 0 Å². The summed E-state index contributed by atoms with van der Waals surface area (Å²) in [5, 5.41) is 0. The lowest BCUT2D eigenvalue weighted by atomic mass is 9.77. The minimum absolute atomic E-state index is 0.232. The Kier molecular flexibility index (Phi) is 4.08. The lowest BCUT2D eigenvalue weighted by Gasteiger charge is -2.39. The zero-order valence-electron chi connectivity index (χ0n) is 11.2. The molecule has 98 valence electrons. The van der Waals surface area contributed by atoms with Gasteiger partial charge in [-0.2, -0.15) is 0 Å². The van der Waals surface area contributed by atoms with Gasteiger partial charge in [0.25, 0.3) is 0 Å². The molecule has 0 aromatic heterocycles. The molecule has 2 aliphatic rings. The number of rotatable bonds is 1. The molecule has 1 amide bonds. The summed E-state index contributed by atoms with van der Waals surface area (Å²) in [6, 6.07) is 0.756. The molecule has 4 unspecified atom stereocenters. The lowest BCUT2D eigenvalue weighted by Crippen LogP contribution is -2.48. The van der Waals surface area contributed by atoms with E-state index in [0.717, 1.165) is 25.8 Å². The average molecular weight is 238 g/mol. The molecule has 17 heavy (non-hydrogen) atoms. The van der Waals surface area contributed by atoms with Crippen molar-refractivity contribution < 1.29 is 4.79 Å². The van der Waals surface area contributed by atoms with Crippen molar-refractivity contribution in [3.8, 4) is 0 Å². The number of hydrogen-bond donors (Lipinski definition) is 1. The van der Waals surface area contributed by atoms with Crippen molar-refractivity contribution in [3.63, 3.8) is 0 Å². The molecular formula is C14H26N2O. The van der Waals surface area contributed by atoms with Gasteiger partial charge in [-0.05, 0) is 51.4 Å². The highest BCUT2D eigenvalue weighted by atomic mass is 16.2. The number of hydrogen-bond acceptors (Lipinski definition) is 2. The van der Waals surface area contributed by atoms with Crippen LogP contribution in [0.4, 0.5) is 0 Å². The maximum atomic E-state index is 12.6. The molecule has 4 atom stereocenters. The van der Waals surface area contributed by atoms with E-state index in [1.165, 1.54) is 19.3 Å². The molecule has 0 spiro atoms. The molecule has 3 nitrogen and oxygen atoms in total. The standard InChI is InChI=1S/C14H26N2O/c1-10-9-12(15)6-7-13(10)14(17)16-8-4-3-5-11(16)2/h10-13H,3-9,15H2,1-2H3. The first-order valence-corrected chi connectivity index (χ1v) is 7.15. The molecule has 3 heteroatoms. The molecule has 1 heterocycles. The Morgan fingerprint density at radius 3 is 2.59 bits per heavy atom. The predicted molar refractivity (Wildman–Crippen MR) is 69.5 cm³/mol. The van der Waals surface area contributed by atoms with Crippen molar-refractivity contribution in [2.75, 3.05) is 6.54 Å². The molecule has 2 fully saturated rings. The van der Waals surface area contributed by atoms with Crippen LogP contribution in [-0.2, 0) is 4.79 Å². The number of amides is 1. The summed E-state index contributed by atoms with van der Waals surface area (Å²) in [5.41, 5.74) is 5.97. The highest BCUT2D eigenvalue weighted by Gasteiger charge is 2.35. The third kappa shape index (κ3) is 2.82. The van der Waals surface area contributed by atoms with E-state index in [9.17, 15) is 4.79 Å². The monoisotopic (exact) mass is 238 g/mol. The number of likely N-dealkylation sites (tertiary alicyclic amines) is 1. The molecule has 0 radical (unpaired) electrons. The fourth-order valence-corrected chi connectivity index (χ4v) is 3.44. The maximum Gasteiger partial charge on any atom is 0.226 e. The molecule has 2 rings (SSSR count). The van der Waals surface area contributed by atoms with Crippen molar-refractivity contribution in [1.82, 2.24) is 4.90 Å². The number of carbonyl (C=O) groups excluding carboxylic acids is 1. The van der Waals surface area contributed by atoms with E-state index >= 15 is 0 Å². The van der Waals surface area contributed by atoms with Gasteiger partial charge in [0.15, 0.2) is 0 Å². The highest BCUT2D eigenvalue weighted by molar-refractivity contribution is 5.79. The average Bonchev–Trinajstić information content (AvgIpc) is 2.29. The molecule has 0 aromatic rings. The molecule has 1 saturated heterocycles. The van der Waals surface area contributed by atoms with Crippen LogP contribution in [0.15, 0.2) is 0 Å². The fourth-order valence-electron chi connectivity index (χ4n) is 3.44. The summed E-state index contributed by atoms with van der Waals surface area (Å²) < 4.78 is 0. The second-order valence-electron chi connectivity index (χ2n) is 6.03. The number of piperidine rings is 1. The van der Waals surface area contributed by atoms with Crippen LogP contribution in [0.5, 0.6) is 0 Å². The first-order chi connectivity index (χ1) is 8.09. The van der Waals surface area contributed by atoms with E-state index in [1.807, 2.05) is 0 Å². The fraction of sp³-hybridized carbons (Fsp3) is 0.929. The second kappa shape index (κ2) is 5.38. The van der Waals surface area contributed by atoms with Crippen LogP contribution in [-0.4, -0.2) is 29.4 Å². The van der Waals surface area contributed by atoms with Gasteiger partial charge < -0.3 is 10.6 Å². The molecule has 1 aliphatic carbocycles. The Hall–Kier alpha value is -0.570. The summed E-state index contributed by atoms with van der Waals surface area (Å²) in [5.74, 6) is 1.09. The molecule has 1 aliphatic heterocycles. The van der Waals surface area contributed by atoms with E-state index in [4.69, 9.17) is 5.73 Å². The normalized spacial score (nSPS) is 39.1. The summed E-state index contributed by atoms with van der Waals surface area (Å²) in [7, 11) is 0. The van der Waals surface area contributed by atoms with Gasteiger partial charge >= 0.3 is 0 Å². The number of nitrogens with two attached hydrogens (primary N) is 1. The minimum atomic E-state index is 0.232. The quantitative estimate of drug-likeness (QED) is 0.761. The molecule has 0 aromatic carbocycles. The Morgan fingerprint density at radius 2 is 1.94 bits per heavy atom. The van der Waals surface area contributed by atoms with Crippen LogP contribution in [0.3, 0.4) is 0 Å². The van der Waals surface area contributed by atoms with Gasteiger partial charge in [-0.15, -0.1) is 0 Å². The summed E-state index contributed by atoms with van der Waals surface area (Å²) in [6.07, 6.45) is 6.64. The second-order valence-corrected chi connectivity index (χ2v) is 6.03. The van der Waals surface area contributed by atoms with Crippen LogP contribution in [0, 0.1) is 11.8 Å². The highest BCUT2D eigenvalue weighted by Crippen LogP contribution is 2.32. The molecule has 2 N–H and O–H groups in total. The van der Waals surface area contributed by atoms with Crippen LogP contribution in [0.2, 0.25) is 0 Å². The Morgan fingerprint density at radius 1 is 1.18 bits per heavy atom. The smallest absolute Gasteiger partial charge is 0.226 e. The van der Waals surface area contributed by atoms with Gasteiger partial charge in [-0.1, -0.05) is 6.92 Å². The number of nitrogens with zero attached hydrogens (tertiary/aromatic N) is 1. The Bertz CT molecular complexity index is 279. The van der Waals surface area contributed by atoms with E-state index in [2.05, 4.69) is 18.7 Å². The van der Waals surface area contributed by atoms with Crippen molar-refractivity contribution in [2.24, 2.45) is 17.6 Å². The van der Waals surface area contributed by atoms with Crippen molar-refractivity contribution >= 4 is 5.91 Å². The van der Waals surface area contributed by atoms with E-state index < -0.39 is 0 Å². The molecule has 1 saturated carbocycles. The maximum absolute atomic E-state index is 12.6. The minimum Gasteiger partial charge on any atom is -0.340 e. The summed E-state index contributed by atoms with van der Waals surface area (Å²) in [4.78, 5) is 14.7. The SMILES string of the molecule is CC1CC(N)CCC1C(=O)N1CCCCC1C. The van der Waals surface area contributed by atoms with Crippen molar-refractivity contribution in [2.45, 2.75) is 64.5 Å². The lowest BCUT2D eigenvalue weighted by molar-refractivity contribution is -0.141. The van der Waals surface area contributed by atoms with Crippen molar-refractivity contribution in [1.29, 1.82) is 0 Å². The van der Waals surface area contributed by atoms with Gasteiger partial charge in [0, 0.05) is 24.5 Å².